The van der Waals surface area contributed by atoms with Gasteiger partial charge in [-0.3, -0.25) is 0 Å². The molecule has 0 radical (unpaired) electrons. The van der Waals surface area contributed by atoms with Gasteiger partial charge in [-0.05, 0) is 47.5 Å². The summed E-state index contributed by atoms with van der Waals surface area (Å²) in [5.74, 6) is 0. The second kappa shape index (κ2) is 5.15. The molecular weight excluding hydrogens is 230 g/mol. The van der Waals surface area contributed by atoms with Crippen LogP contribution in [0.2, 0.25) is 0 Å². The topological polar surface area (TPSA) is 12.0 Å². The van der Waals surface area contributed by atoms with Crippen LogP contribution in [0.4, 0.5) is 0 Å². The molecule has 0 aromatic heterocycles. The molecule has 3 rings (SSSR count). The molecular formula is C18H17N. The largest absolute Gasteiger partial charge is 0.381 e. The van der Waals surface area contributed by atoms with Crippen LogP contribution in [0, 0.1) is 6.92 Å². The maximum atomic E-state index is 3.42. The quantitative estimate of drug-likeness (QED) is 0.837. The zero-order valence-electron chi connectivity index (χ0n) is 11.0. The number of hydrogen-bond acceptors (Lipinski definition) is 1. The van der Waals surface area contributed by atoms with E-state index in [9.17, 15) is 0 Å². The highest BCUT2D eigenvalue weighted by Crippen LogP contribution is 2.27. The molecule has 0 saturated heterocycles. The third kappa shape index (κ3) is 2.45. The summed E-state index contributed by atoms with van der Waals surface area (Å²) in [6.45, 7) is 2.16. The zero-order chi connectivity index (χ0) is 13.1. The van der Waals surface area contributed by atoms with Gasteiger partial charge in [0, 0.05) is 0 Å². The Labute approximate surface area is 114 Å². The minimum Gasteiger partial charge on any atom is -0.381 e. The lowest BCUT2D eigenvalue weighted by Gasteiger charge is -2.21. The number of benzene rings is 2. The second-order valence-corrected chi connectivity index (χ2v) is 4.82. The summed E-state index contributed by atoms with van der Waals surface area (Å²) >= 11 is 0. The van der Waals surface area contributed by atoms with Crippen LogP contribution in [0.1, 0.15) is 22.7 Å². The number of aryl methyl sites for hydroxylation is 1. The monoisotopic (exact) mass is 247 g/mol. The Morgan fingerprint density at radius 1 is 0.895 bits per heavy atom. The molecule has 2 aromatic rings. The van der Waals surface area contributed by atoms with Crippen molar-refractivity contribution >= 4 is 5.57 Å². The third-order valence-corrected chi connectivity index (χ3v) is 3.52. The van der Waals surface area contributed by atoms with Crippen LogP contribution in [-0.4, -0.2) is 0 Å². The van der Waals surface area contributed by atoms with Gasteiger partial charge in [-0.1, -0.05) is 54.6 Å². The summed E-state index contributed by atoms with van der Waals surface area (Å²) < 4.78 is 0. The summed E-state index contributed by atoms with van der Waals surface area (Å²) in [6, 6.07) is 19.3. The first-order valence-electron chi connectivity index (χ1n) is 6.60. The van der Waals surface area contributed by atoms with Crippen molar-refractivity contribution in [2.45, 2.75) is 13.0 Å². The van der Waals surface area contributed by atoms with Gasteiger partial charge < -0.3 is 5.32 Å². The van der Waals surface area contributed by atoms with E-state index in [0.29, 0.717) is 0 Å². The zero-order valence-corrected chi connectivity index (χ0v) is 11.0. The molecule has 1 nitrogen and oxygen atoms in total. The molecule has 0 fully saturated rings. The molecule has 19 heavy (non-hydrogen) atoms. The van der Waals surface area contributed by atoms with Crippen LogP contribution in [0.25, 0.3) is 5.57 Å². The van der Waals surface area contributed by atoms with Crippen molar-refractivity contribution in [3.63, 3.8) is 0 Å². The van der Waals surface area contributed by atoms with E-state index in [2.05, 4.69) is 72.9 Å². The fourth-order valence-electron chi connectivity index (χ4n) is 2.46. The molecule has 1 heterocycles. The van der Waals surface area contributed by atoms with Gasteiger partial charge in [0.05, 0.1) is 6.04 Å². The first-order valence-corrected chi connectivity index (χ1v) is 6.60. The number of hydrogen-bond donors (Lipinski definition) is 1. The van der Waals surface area contributed by atoms with Crippen molar-refractivity contribution in [3.8, 4) is 0 Å². The van der Waals surface area contributed by atoms with Crippen LogP contribution in [0.5, 0.6) is 0 Å². The maximum absolute atomic E-state index is 3.42. The highest BCUT2D eigenvalue weighted by atomic mass is 14.9. The lowest BCUT2D eigenvalue weighted by atomic mass is 9.95. The van der Waals surface area contributed by atoms with Gasteiger partial charge in [-0.15, -0.1) is 0 Å². The van der Waals surface area contributed by atoms with Gasteiger partial charge >= 0.3 is 0 Å². The van der Waals surface area contributed by atoms with Crippen LogP contribution < -0.4 is 5.32 Å². The molecule has 0 spiro atoms. The van der Waals surface area contributed by atoms with E-state index in [1.54, 1.807) is 0 Å². The van der Waals surface area contributed by atoms with E-state index in [-0.39, 0.29) is 6.04 Å². The minimum absolute atomic E-state index is 0.251. The van der Waals surface area contributed by atoms with Gasteiger partial charge in [0.15, 0.2) is 0 Å². The Morgan fingerprint density at radius 2 is 1.63 bits per heavy atom. The predicted octanol–water partition coefficient (Wildman–Crippen LogP) is 4.24. The molecule has 0 saturated carbocycles. The molecule has 1 atom stereocenters. The summed E-state index contributed by atoms with van der Waals surface area (Å²) in [5.41, 5.74) is 5.19. The normalized spacial score (nSPS) is 17.7. The molecule has 0 bridgehead atoms. The van der Waals surface area contributed by atoms with Crippen LogP contribution in [-0.2, 0) is 0 Å². The lowest BCUT2D eigenvalue weighted by molar-refractivity contribution is 0.744. The Bertz CT molecular complexity index is 623. The van der Waals surface area contributed by atoms with E-state index in [0.717, 1.165) is 0 Å². The number of rotatable bonds is 2. The smallest absolute Gasteiger partial charge is 0.0704 e. The van der Waals surface area contributed by atoms with Crippen molar-refractivity contribution in [3.05, 3.63) is 89.6 Å². The maximum Gasteiger partial charge on any atom is 0.0704 e. The molecule has 1 heteroatoms. The summed E-state index contributed by atoms with van der Waals surface area (Å²) in [4.78, 5) is 0. The number of allylic oxidation sites excluding steroid dienone is 2. The molecule has 1 aliphatic heterocycles. The van der Waals surface area contributed by atoms with Crippen LogP contribution >= 0.6 is 0 Å². The Hall–Kier alpha value is -2.28. The minimum atomic E-state index is 0.251. The van der Waals surface area contributed by atoms with Gasteiger partial charge in [0.25, 0.3) is 0 Å². The van der Waals surface area contributed by atoms with E-state index < -0.39 is 0 Å². The number of dihydropyridines is 1. The van der Waals surface area contributed by atoms with Crippen molar-refractivity contribution < 1.29 is 0 Å². The Kier molecular flexibility index (Phi) is 3.20. The third-order valence-electron chi connectivity index (χ3n) is 3.52. The predicted molar refractivity (Wildman–Crippen MR) is 80.6 cm³/mol. The van der Waals surface area contributed by atoms with Crippen molar-refractivity contribution in [1.29, 1.82) is 0 Å². The van der Waals surface area contributed by atoms with E-state index >= 15 is 0 Å². The van der Waals surface area contributed by atoms with E-state index in [1.807, 2.05) is 12.3 Å². The summed E-state index contributed by atoms with van der Waals surface area (Å²) in [5, 5.41) is 3.42. The van der Waals surface area contributed by atoms with Gasteiger partial charge in [0.2, 0.25) is 0 Å². The van der Waals surface area contributed by atoms with Crippen LogP contribution in [0.15, 0.2) is 72.9 Å². The average Bonchev–Trinajstić information content (AvgIpc) is 2.49. The second-order valence-electron chi connectivity index (χ2n) is 4.82. The molecule has 1 unspecified atom stereocenters. The van der Waals surface area contributed by atoms with Crippen molar-refractivity contribution in [2.24, 2.45) is 0 Å². The highest BCUT2D eigenvalue weighted by Gasteiger charge is 2.13. The van der Waals surface area contributed by atoms with E-state index in [4.69, 9.17) is 0 Å². The molecule has 1 aliphatic rings. The SMILES string of the molecule is Cc1ccccc1C1C=C(c2ccccc2)C=CN1. The van der Waals surface area contributed by atoms with Crippen molar-refractivity contribution in [1.82, 2.24) is 5.32 Å². The lowest BCUT2D eigenvalue weighted by Crippen LogP contribution is -2.17. The Balaban J connectivity index is 1.96. The Morgan fingerprint density at radius 3 is 2.42 bits per heavy atom. The molecule has 0 aliphatic carbocycles. The molecule has 2 aromatic carbocycles. The molecule has 1 N–H and O–H groups in total. The fourth-order valence-corrected chi connectivity index (χ4v) is 2.46. The first kappa shape index (κ1) is 11.8. The van der Waals surface area contributed by atoms with Crippen LogP contribution in [0.3, 0.4) is 0 Å². The van der Waals surface area contributed by atoms with Gasteiger partial charge in [-0.2, -0.15) is 0 Å². The molecule has 94 valence electrons. The fraction of sp³-hybridized carbons (Fsp3) is 0.111. The first-order chi connectivity index (χ1) is 9.34. The highest BCUT2D eigenvalue weighted by molar-refractivity contribution is 5.75. The number of nitrogens with one attached hydrogen (secondary N) is 1. The standard InChI is InChI=1S/C18H17N/c1-14-7-5-6-10-17(14)18-13-16(11-12-19-18)15-8-3-2-4-9-15/h2-13,18-19H,1H3. The summed E-state index contributed by atoms with van der Waals surface area (Å²) in [7, 11) is 0. The van der Waals surface area contributed by atoms with Gasteiger partial charge in [-0.25, -0.2) is 0 Å². The van der Waals surface area contributed by atoms with Gasteiger partial charge in [0.1, 0.15) is 0 Å². The summed E-state index contributed by atoms with van der Waals surface area (Å²) in [6.07, 6.45) is 6.46. The van der Waals surface area contributed by atoms with Crippen molar-refractivity contribution in [2.75, 3.05) is 0 Å². The average molecular weight is 247 g/mol. The van der Waals surface area contributed by atoms with E-state index in [1.165, 1.54) is 22.3 Å². The molecule has 0 amide bonds.